The maximum atomic E-state index is 12.7. The van der Waals surface area contributed by atoms with Gasteiger partial charge in [-0.2, -0.15) is 0 Å². The number of methoxy groups -OCH3 is 1. The van der Waals surface area contributed by atoms with Gasteiger partial charge in [-0.15, -0.1) is 0 Å². The summed E-state index contributed by atoms with van der Waals surface area (Å²) in [4.78, 5) is 15.8. The van der Waals surface area contributed by atoms with Gasteiger partial charge in [0.25, 0.3) is 0 Å². The molecule has 7 heteroatoms. The molecule has 1 rings (SSSR count). The van der Waals surface area contributed by atoms with Crippen LogP contribution in [0.5, 0.6) is 0 Å². The third-order valence-corrected chi connectivity index (χ3v) is 2.57. The van der Waals surface area contributed by atoms with Crippen LogP contribution in [0.1, 0.15) is 6.92 Å². The number of carbonyl (C=O) groups excluding carboxylic acids is 1. The van der Waals surface area contributed by atoms with Crippen molar-refractivity contribution in [2.24, 2.45) is 4.99 Å². The van der Waals surface area contributed by atoms with Gasteiger partial charge in [0.15, 0.2) is 5.96 Å². The predicted octanol–water partition coefficient (Wildman–Crippen LogP) is 0.964. The highest BCUT2D eigenvalue weighted by atomic mass is 19.1. The zero-order chi connectivity index (χ0) is 15.7. The molecule has 0 spiro atoms. The van der Waals surface area contributed by atoms with E-state index in [1.807, 2.05) is 6.92 Å². The number of anilines is 1. The molecule has 1 aromatic rings. The molecular weight excluding hydrogens is 275 g/mol. The SMILES string of the molecule is CN=C(NCC(=O)Nc1ccc(F)cc1)NC(C)COC. The number of benzene rings is 1. The lowest BCUT2D eigenvalue weighted by Gasteiger charge is -2.17. The molecule has 0 aromatic heterocycles. The highest BCUT2D eigenvalue weighted by molar-refractivity contribution is 5.94. The quantitative estimate of drug-likeness (QED) is 0.540. The van der Waals surface area contributed by atoms with E-state index in [9.17, 15) is 9.18 Å². The first kappa shape index (κ1) is 16.9. The predicted molar refractivity (Wildman–Crippen MR) is 80.9 cm³/mol. The average Bonchev–Trinajstić information content (AvgIpc) is 2.46. The van der Waals surface area contributed by atoms with Gasteiger partial charge in [-0.05, 0) is 31.2 Å². The molecule has 116 valence electrons. The molecule has 0 fully saturated rings. The van der Waals surface area contributed by atoms with Gasteiger partial charge in [-0.1, -0.05) is 0 Å². The van der Waals surface area contributed by atoms with Gasteiger partial charge in [0.1, 0.15) is 5.82 Å². The summed E-state index contributed by atoms with van der Waals surface area (Å²) in [6, 6.07) is 5.65. The van der Waals surface area contributed by atoms with E-state index in [1.165, 1.54) is 24.3 Å². The Kier molecular flexibility index (Phi) is 7.17. The van der Waals surface area contributed by atoms with Crippen molar-refractivity contribution in [3.63, 3.8) is 0 Å². The van der Waals surface area contributed by atoms with Crippen LogP contribution in [0.3, 0.4) is 0 Å². The zero-order valence-corrected chi connectivity index (χ0v) is 12.4. The monoisotopic (exact) mass is 296 g/mol. The second kappa shape index (κ2) is 8.91. The number of nitrogens with one attached hydrogen (secondary N) is 3. The van der Waals surface area contributed by atoms with Crippen LogP contribution in [0.15, 0.2) is 29.3 Å². The molecule has 3 N–H and O–H groups in total. The van der Waals surface area contributed by atoms with E-state index in [2.05, 4.69) is 20.9 Å². The van der Waals surface area contributed by atoms with Crippen molar-refractivity contribution >= 4 is 17.6 Å². The molecule has 0 heterocycles. The smallest absolute Gasteiger partial charge is 0.243 e. The molecule has 1 atom stereocenters. The lowest BCUT2D eigenvalue weighted by Crippen LogP contribution is -2.46. The van der Waals surface area contributed by atoms with Crippen LogP contribution in [0, 0.1) is 5.82 Å². The van der Waals surface area contributed by atoms with Crippen molar-refractivity contribution in [1.82, 2.24) is 10.6 Å². The molecule has 1 unspecified atom stereocenters. The molecule has 1 amide bonds. The lowest BCUT2D eigenvalue weighted by atomic mass is 10.3. The molecule has 0 aliphatic rings. The van der Waals surface area contributed by atoms with E-state index in [-0.39, 0.29) is 24.3 Å². The van der Waals surface area contributed by atoms with Gasteiger partial charge in [0.2, 0.25) is 5.91 Å². The number of rotatable bonds is 6. The van der Waals surface area contributed by atoms with Gasteiger partial charge in [0.05, 0.1) is 13.2 Å². The maximum absolute atomic E-state index is 12.7. The molecule has 0 saturated heterocycles. The maximum Gasteiger partial charge on any atom is 0.243 e. The summed E-state index contributed by atoms with van der Waals surface area (Å²) < 4.78 is 17.8. The highest BCUT2D eigenvalue weighted by Crippen LogP contribution is 2.07. The van der Waals surface area contributed by atoms with Crippen molar-refractivity contribution < 1.29 is 13.9 Å². The van der Waals surface area contributed by atoms with E-state index < -0.39 is 0 Å². The van der Waals surface area contributed by atoms with Crippen molar-refractivity contribution in [1.29, 1.82) is 0 Å². The Hall–Kier alpha value is -2.15. The molecule has 0 bridgehead atoms. The summed E-state index contributed by atoms with van der Waals surface area (Å²) >= 11 is 0. The largest absolute Gasteiger partial charge is 0.383 e. The van der Waals surface area contributed by atoms with E-state index in [1.54, 1.807) is 14.2 Å². The number of amides is 1. The molecule has 1 aromatic carbocycles. The Morgan fingerprint density at radius 2 is 2.05 bits per heavy atom. The fraction of sp³-hybridized carbons (Fsp3) is 0.429. The summed E-state index contributed by atoms with van der Waals surface area (Å²) in [6.07, 6.45) is 0. The summed E-state index contributed by atoms with van der Waals surface area (Å²) in [5.74, 6) is -0.0828. The van der Waals surface area contributed by atoms with Gasteiger partial charge in [-0.25, -0.2) is 4.39 Å². The number of halogens is 1. The fourth-order valence-corrected chi connectivity index (χ4v) is 1.62. The molecule has 0 aliphatic heterocycles. The van der Waals surface area contributed by atoms with E-state index in [0.717, 1.165) is 0 Å². The van der Waals surface area contributed by atoms with E-state index in [4.69, 9.17) is 4.74 Å². The molecular formula is C14H21FN4O2. The number of guanidine groups is 1. The third kappa shape index (κ3) is 6.71. The Bertz CT molecular complexity index is 476. The minimum atomic E-state index is -0.345. The Morgan fingerprint density at radius 1 is 1.38 bits per heavy atom. The second-order valence-corrected chi connectivity index (χ2v) is 4.48. The number of hydrogen-bond donors (Lipinski definition) is 3. The summed E-state index contributed by atoms with van der Waals surface area (Å²) in [5, 5.41) is 8.62. The summed E-state index contributed by atoms with van der Waals surface area (Å²) in [5.41, 5.74) is 0.541. The third-order valence-electron chi connectivity index (χ3n) is 2.57. The fourth-order valence-electron chi connectivity index (χ4n) is 1.62. The van der Waals surface area contributed by atoms with Crippen LogP contribution in [-0.4, -0.2) is 45.2 Å². The Balaban J connectivity index is 2.38. The Labute approximate surface area is 123 Å². The van der Waals surface area contributed by atoms with Gasteiger partial charge in [0, 0.05) is 25.9 Å². The zero-order valence-electron chi connectivity index (χ0n) is 12.4. The van der Waals surface area contributed by atoms with Crippen molar-refractivity contribution in [2.45, 2.75) is 13.0 Å². The van der Waals surface area contributed by atoms with E-state index >= 15 is 0 Å². The average molecular weight is 296 g/mol. The first-order valence-electron chi connectivity index (χ1n) is 6.56. The van der Waals surface area contributed by atoms with Crippen molar-refractivity contribution in [2.75, 3.05) is 32.6 Å². The van der Waals surface area contributed by atoms with Gasteiger partial charge < -0.3 is 20.7 Å². The molecule has 0 radical (unpaired) electrons. The first-order chi connectivity index (χ1) is 10.0. The van der Waals surface area contributed by atoms with Crippen LogP contribution >= 0.6 is 0 Å². The minimum Gasteiger partial charge on any atom is -0.383 e. The van der Waals surface area contributed by atoms with Crippen LogP contribution in [-0.2, 0) is 9.53 Å². The van der Waals surface area contributed by atoms with Crippen molar-refractivity contribution in [3.05, 3.63) is 30.1 Å². The van der Waals surface area contributed by atoms with Crippen molar-refractivity contribution in [3.8, 4) is 0 Å². The van der Waals surface area contributed by atoms with Gasteiger partial charge in [-0.3, -0.25) is 9.79 Å². The van der Waals surface area contributed by atoms with Crippen LogP contribution in [0.25, 0.3) is 0 Å². The van der Waals surface area contributed by atoms with Crippen LogP contribution in [0.4, 0.5) is 10.1 Å². The number of carbonyl (C=O) groups is 1. The molecule has 0 saturated carbocycles. The lowest BCUT2D eigenvalue weighted by molar-refractivity contribution is -0.115. The number of aliphatic imine (C=N–C) groups is 1. The standard InChI is InChI=1S/C14H21FN4O2/c1-10(9-21-3)18-14(16-2)17-8-13(20)19-12-6-4-11(15)5-7-12/h4-7,10H,8-9H2,1-3H3,(H,19,20)(H2,16,17,18). The van der Waals surface area contributed by atoms with Gasteiger partial charge >= 0.3 is 0 Å². The number of hydrogen-bond acceptors (Lipinski definition) is 3. The highest BCUT2D eigenvalue weighted by Gasteiger charge is 2.07. The summed E-state index contributed by atoms with van der Waals surface area (Å²) in [7, 11) is 3.23. The number of nitrogens with zero attached hydrogens (tertiary/aromatic N) is 1. The van der Waals surface area contributed by atoms with Crippen LogP contribution < -0.4 is 16.0 Å². The Morgan fingerprint density at radius 3 is 2.62 bits per heavy atom. The normalized spacial score (nSPS) is 12.7. The first-order valence-corrected chi connectivity index (χ1v) is 6.56. The number of ether oxygens (including phenoxy) is 1. The molecule has 21 heavy (non-hydrogen) atoms. The molecule has 6 nitrogen and oxygen atoms in total. The second-order valence-electron chi connectivity index (χ2n) is 4.48. The molecule has 0 aliphatic carbocycles. The topological polar surface area (TPSA) is 74.8 Å². The van der Waals surface area contributed by atoms with Crippen LogP contribution in [0.2, 0.25) is 0 Å². The van der Waals surface area contributed by atoms with E-state index in [0.29, 0.717) is 18.3 Å². The summed E-state index contributed by atoms with van der Waals surface area (Å²) in [6.45, 7) is 2.52. The minimum absolute atomic E-state index is 0.0523.